The van der Waals surface area contributed by atoms with Crippen molar-refractivity contribution in [1.82, 2.24) is 19.8 Å². The van der Waals surface area contributed by atoms with Crippen molar-refractivity contribution >= 4 is 17.1 Å². The van der Waals surface area contributed by atoms with Gasteiger partial charge in [-0.2, -0.15) is 15.5 Å². The number of aromatic nitrogens is 4. The molecule has 3 aromatic heterocycles. The smallest absolute Gasteiger partial charge is 0.244 e. The molecule has 0 radical (unpaired) electrons. The molecule has 0 spiro atoms. The average Bonchev–Trinajstić information content (AvgIpc) is 3.25. The van der Waals surface area contributed by atoms with Crippen molar-refractivity contribution in [2.24, 2.45) is 5.92 Å². The summed E-state index contributed by atoms with van der Waals surface area (Å²) in [4.78, 5) is 13.9. The summed E-state index contributed by atoms with van der Waals surface area (Å²) in [7, 11) is 0. The molecule has 1 amide bonds. The second-order valence-corrected chi connectivity index (χ2v) is 5.22. The lowest BCUT2D eigenvalue weighted by molar-refractivity contribution is -0.118. The molecule has 4 heterocycles. The Morgan fingerprint density at radius 1 is 1.41 bits per heavy atom. The van der Waals surface area contributed by atoms with Crippen LogP contribution in [0, 0.1) is 17.2 Å². The van der Waals surface area contributed by atoms with Gasteiger partial charge in [0.05, 0.1) is 23.5 Å². The van der Waals surface area contributed by atoms with E-state index in [1.807, 2.05) is 18.3 Å². The van der Waals surface area contributed by atoms with Gasteiger partial charge in [-0.3, -0.25) is 9.89 Å². The van der Waals surface area contributed by atoms with E-state index in [0.29, 0.717) is 13.0 Å². The number of carbonyl (C=O) groups excluding carboxylic acids is 1. The van der Waals surface area contributed by atoms with Gasteiger partial charge in [-0.1, -0.05) is 0 Å². The summed E-state index contributed by atoms with van der Waals surface area (Å²) in [5.74, 6) is -0.682. The van der Waals surface area contributed by atoms with E-state index in [-0.39, 0.29) is 5.91 Å². The van der Waals surface area contributed by atoms with E-state index in [1.165, 1.54) is 0 Å². The highest BCUT2D eigenvalue weighted by molar-refractivity contribution is 6.02. The number of H-pyrrole nitrogens is 1. The zero-order chi connectivity index (χ0) is 15.1. The van der Waals surface area contributed by atoms with Gasteiger partial charge in [0.25, 0.3) is 0 Å². The molecule has 3 aromatic rings. The van der Waals surface area contributed by atoms with Crippen LogP contribution in [0.4, 0.5) is 5.69 Å². The van der Waals surface area contributed by atoms with Gasteiger partial charge in [0, 0.05) is 36.3 Å². The van der Waals surface area contributed by atoms with Crippen molar-refractivity contribution in [2.75, 3.05) is 11.4 Å². The maximum Gasteiger partial charge on any atom is 0.244 e. The van der Waals surface area contributed by atoms with Gasteiger partial charge < -0.3 is 4.90 Å². The van der Waals surface area contributed by atoms with E-state index in [4.69, 9.17) is 5.26 Å². The average molecular weight is 292 g/mol. The largest absolute Gasteiger partial charge is 0.309 e. The molecular formula is C15H12N6O. The van der Waals surface area contributed by atoms with Crippen molar-refractivity contribution in [2.45, 2.75) is 6.42 Å². The highest BCUT2D eigenvalue weighted by Crippen LogP contribution is 2.31. The Morgan fingerprint density at radius 2 is 2.32 bits per heavy atom. The standard InChI is InChI=1S/C15H12N6O/c16-6-10-2-4-20(15(10)22)13-1-3-19-21-9-11(5-14(13)21)12-7-17-18-8-12/h1,3,5,7-10H,2,4H2,(H,17,18). The highest BCUT2D eigenvalue weighted by Gasteiger charge is 2.33. The number of nitriles is 1. The summed E-state index contributed by atoms with van der Waals surface area (Å²) < 4.78 is 1.74. The molecule has 1 fully saturated rings. The maximum atomic E-state index is 12.3. The molecule has 7 heteroatoms. The van der Waals surface area contributed by atoms with E-state index in [1.54, 1.807) is 28.0 Å². The van der Waals surface area contributed by atoms with Gasteiger partial charge >= 0.3 is 0 Å². The fourth-order valence-corrected chi connectivity index (χ4v) is 2.83. The lowest BCUT2D eigenvalue weighted by Crippen LogP contribution is -2.27. The summed E-state index contributed by atoms with van der Waals surface area (Å²) in [6.45, 7) is 0.558. The Kier molecular flexibility index (Phi) is 2.69. The molecular weight excluding hydrogens is 280 g/mol. The minimum Gasteiger partial charge on any atom is -0.309 e. The molecule has 0 aromatic carbocycles. The summed E-state index contributed by atoms with van der Waals surface area (Å²) >= 11 is 0. The molecule has 0 aliphatic carbocycles. The minimum absolute atomic E-state index is 0.137. The molecule has 1 N–H and O–H groups in total. The first kappa shape index (κ1) is 12.6. The van der Waals surface area contributed by atoms with Gasteiger partial charge in [0.15, 0.2) is 0 Å². The molecule has 0 bridgehead atoms. The number of nitrogens with one attached hydrogen (secondary N) is 1. The van der Waals surface area contributed by atoms with Gasteiger partial charge in [-0.15, -0.1) is 0 Å². The van der Waals surface area contributed by atoms with E-state index in [9.17, 15) is 4.79 Å². The zero-order valence-electron chi connectivity index (χ0n) is 11.6. The molecule has 1 aliphatic rings. The quantitative estimate of drug-likeness (QED) is 0.776. The van der Waals surface area contributed by atoms with E-state index < -0.39 is 5.92 Å². The maximum absolute atomic E-state index is 12.3. The summed E-state index contributed by atoms with van der Waals surface area (Å²) in [5, 5.41) is 20.0. The predicted octanol–water partition coefficient (Wildman–Crippen LogP) is 1.60. The molecule has 1 aliphatic heterocycles. The van der Waals surface area contributed by atoms with Crippen LogP contribution >= 0.6 is 0 Å². The Bertz CT molecular complexity index is 889. The fourth-order valence-electron chi connectivity index (χ4n) is 2.83. The number of hydrogen-bond donors (Lipinski definition) is 1. The van der Waals surface area contributed by atoms with Crippen molar-refractivity contribution in [3.8, 4) is 17.2 Å². The van der Waals surface area contributed by atoms with Crippen molar-refractivity contribution in [1.29, 1.82) is 5.26 Å². The van der Waals surface area contributed by atoms with E-state index >= 15 is 0 Å². The van der Waals surface area contributed by atoms with Crippen LogP contribution in [0.3, 0.4) is 0 Å². The van der Waals surface area contributed by atoms with Crippen molar-refractivity contribution < 1.29 is 4.79 Å². The SMILES string of the molecule is N#CC1CCN(c2ccnn3cc(-c4cn[nH]c4)cc23)C1=O. The molecule has 108 valence electrons. The number of rotatable bonds is 2. The molecule has 4 rings (SSSR count). The van der Waals surface area contributed by atoms with E-state index in [2.05, 4.69) is 21.4 Å². The van der Waals surface area contributed by atoms with Crippen molar-refractivity contribution in [3.63, 3.8) is 0 Å². The monoisotopic (exact) mass is 292 g/mol. The summed E-state index contributed by atoms with van der Waals surface area (Å²) in [5.41, 5.74) is 3.55. The number of hydrogen-bond acceptors (Lipinski definition) is 4. The Balaban J connectivity index is 1.82. The lowest BCUT2D eigenvalue weighted by Gasteiger charge is -2.16. The van der Waals surface area contributed by atoms with Gasteiger partial charge in [-0.05, 0) is 18.6 Å². The van der Waals surface area contributed by atoms with Crippen LogP contribution in [0.1, 0.15) is 6.42 Å². The number of nitrogens with zero attached hydrogens (tertiary/aromatic N) is 5. The van der Waals surface area contributed by atoms with Crippen LogP contribution in [0.5, 0.6) is 0 Å². The fraction of sp³-hybridized carbons (Fsp3) is 0.200. The van der Waals surface area contributed by atoms with Gasteiger partial charge in [0.2, 0.25) is 5.91 Å². The third-order valence-electron chi connectivity index (χ3n) is 3.97. The van der Waals surface area contributed by atoms with Crippen LogP contribution in [-0.2, 0) is 4.79 Å². The van der Waals surface area contributed by atoms with Crippen molar-refractivity contribution in [3.05, 3.63) is 36.9 Å². The third kappa shape index (κ3) is 1.78. The number of carbonyl (C=O) groups is 1. The zero-order valence-corrected chi connectivity index (χ0v) is 11.6. The molecule has 22 heavy (non-hydrogen) atoms. The number of aromatic amines is 1. The minimum atomic E-state index is -0.545. The normalized spacial score (nSPS) is 18.0. The van der Waals surface area contributed by atoms with Crippen LogP contribution < -0.4 is 4.90 Å². The van der Waals surface area contributed by atoms with Crippen LogP contribution in [0.15, 0.2) is 36.9 Å². The third-order valence-corrected chi connectivity index (χ3v) is 3.97. The summed E-state index contributed by atoms with van der Waals surface area (Å²) in [6.07, 6.45) is 7.67. The molecule has 1 saturated heterocycles. The Labute approximate surface area is 125 Å². The predicted molar refractivity (Wildman–Crippen MR) is 78.8 cm³/mol. The number of fused-ring (bicyclic) bond motifs is 1. The Hall–Kier alpha value is -3.14. The first-order valence-electron chi connectivity index (χ1n) is 6.95. The second-order valence-electron chi connectivity index (χ2n) is 5.22. The molecule has 1 unspecified atom stereocenters. The lowest BCUT2D eigenvalue weighted by atomic mass is 10.1. The van der Waals surface area contributed by atoms with Crippen LogP contribution in [0.25, 0.3) is 16.6 Å². The summed E-state index contributed by atoms with van der Waals surface area (Å²) in [6, 6.07) is 5.85. The number of amides is 1. The Morgan fingerprint density at radius 3 is 3.05 bits per heavy atom. The molecule has 7 nitrogen and oxygen atoms in total. The van der Waals surface area contributed by atoms with Gasteiger partial charge in [0.1, 0.15) is 5.92 Å². The first-order valence-corrected chi connectivity index (χ1v) is 6.95. The molecule has 0 saturated carbocycles. The van der Waals surface area contributed by atoms with Crippen LogP contribution in [0.2, 0.25) is 0 Å². The topological polar surface area (TPSA) is 90.1 Å². The second kappa shape index (κ2) is 4.70. The van der Waals surface area contributed by atoms with E-state index in [0.717, 1.165) is 22.3 Å². The number of anilines is 1. The van der Waals surface area contributed by atoms with Gasteiger partial charge in [-0.25, -0.2) is 4.52 Å². The highest BCUT2D eigenvalue weighted by atomic mass is 16.2. The van der Waals surface area contributed by atoms with Crippen LogP contribution in [-0.4, -0.2) is 32.3 Å². The molecule has 1 atom stereocenters. The first-order chi connectivity index (χ1) is 10.8.